The lowest BCUT2D eigenvalue weighted by atomic mass is 9.98. The largest absolute Gasteiger partial charge is 0.338 e. The highest BCUT2D eigenvalue weighted by Gasteiger charge is 2.30. The van der Waals surface area contributed by atoms with Crippen molar-refractivity contribution in [2.75, 3.05) is 13.1 Å². The molecule has 2 nitrogen and oxygen atoms in total. The highest BCUT2D eigenvalue weighted by molar-refractivity contribution is 6.20. The number of rotatable bonds is 1. The van der Waals surface area contributed by atoms with Gasteiger partial charge in [-0.25, -0.2) is 13.2 Å². The van der Waals surface area contributed by atoms with Crippen LogP contribution in [0, 0.1) is 23.4 Å². The lowest BCUT2D eigenvalue weighted by Crippen LogP contribution is -2.43. The van der Waals surface area contributed by atoms with Gasteiger partial charge in [-0.05, 0) is 24.5 Å². The summed E-state index contributed by atoms with van der Waals surface area (Å²) in [6, 6.07) is 1.72. The van der Waals surface area contributed by atoms with Crippen LogP contribution in [0.5, 0.6) is 0 Å². The van der Waals surface area contributed by atoms with Crippen LogP contribution in [0.3, 0.4) is 0 Å². The molecule has 0 aliphatic carbocycles. The molecule has 1 aliphatic heterocycles. The van der Waals surface area contributed by atoms with Gasteiger partial charge in [0.25, 0.3) is 5.91 Å². The monoisotopic (exact) mass is 291 g/mol. The summed E-state index contributed by atoms with van der Waals surface area (Å²) < 4.78 is 39.5. The molecule has 0 N–H and O–H groups in total. The molecule has 2 rings (SSSR count). The maximum atomic E-state index is 13.6. The molecule has 1 aromatic rings. The number of carbonyl (C=O) groups excluding carboxylic acids is 1. The molecule has 0 radical (unpaired) electrons. The zero-order valence-corrected chi connectivity index (χ0v) is 11.1. The first kappa shape index (κ1) is 14.2. The lowest BCUT2D eigenvalue weighted by molar-refractivity contribution is 0.0681. The molecule has 2 unspecified atom stereocenters. The normalized spacial score (nSPS) is 23.5. The zero-order valence-electron chi connectivity index (χ0n) is 10.3. The number of nitrogens with zero attached hydrogens (tertiary/aromatic N) is 1. The molecule has 19 heavy (non-hydrogen) atoms. The third kappa shape index (κ3) is 2.71. The zero-order chi connectivity index (χ0) is 14.2. The summed E-state index contributed by atoms with van der Waals surface area (Å²) in [5, 5.41) is -0.0288. The van der Waals surface area contributed by atoms with E-state index in [1.165, 1.54) is 4.90 Å². The van der Waals surface area contributed by atoms with Crippen molar-refractivity contribution in [3.05, 3.63) is 35.1 Å². The van der Waals surface area contributed by atoms with Gasteiger partial charge in [0.05, 0.1) is 5.56 Å². The van der Waals surface area contributed by atoms with Gasteiger partial charge < -0.3 is 4.90 Å². The second kappa shape index (κ2) is 5.41. The molecule has 1 amide bonds. The van der Waals surface area contributed by atoms with E-state index in [4.69, 9.17) is 11.6 Å². The summed E-state index contributed by atoms with van der Waals surface area (Å²) in [7, 11) is 0. The Kier molecular flexibility index (Phi) is 4.04. The number of piperidine rings is 1. The number of benzene rings is 1. The van der Waals surface area contributed by atoms with Crippen molar-refractivity contribution in [2.45, 2.75) is 18.7 Å². The van der Waals surface area contributed by atoms with E-state index in [0.29, 0.717) is 19.5 Å². The summed E-state index contributed by atoms with van der Waals surface area (Å²) >= 11 is 6.04. The van der Waals surface area contributed by atoms with Gasteiger partial charge in [0.15, 0.2) is 17.5 Å². The summed E-state index contributed by atoms with van der Waals surface area (Å²) in [6.07, 6.45) is 0.597. The number of hydrogen-bond donors (Lipinski definition) is 0. The van der Waals surface area contributed by atoms with Gasteiger partial charge in [-0.2, -0.15) is 0 Å². The fraction of sp³-hybridized carbons (Fsp3) is 0.462. The number of amides is 1. The summed E-state index contributed by atoms with van der Waals surface area (Å²) in [5.74, 6) is -4.92. The van der Waals surface area contributed by atoms with E-state index in [1.807, 2.05) is 6.92 Å². The van der Waals surface area contributed by atoms with Gasteiger partial charge in [0, 0.05) is 18.5 Å². The van der Waals surface area contributed by atoms with Crippen LogP contribution >= 0.6 is 11.6 Å². The van der Waals surface area contributed by atoms with Crippen LogP contribution < -0.4 is 0 Å². The molecule has 1 saturated heterocycles. The molecule has 0 spiro atoms. The van der Waals surface area contributed by atoms with Crippen molar-refractivity contribution < 1.29 is 18.0 Å². The molecule has 1 fully saturated rings. The average molecular weight is 292 g/mol. The van der Waals surface area contributed by atoms with E-state index in [0.717, 1.165) is 12.1 Å². The first-order valence-electron chi connectivity index (χ1n) is 5.98. The Morgan fingerprint density at radius 2 is 2.00 bits per heavy atom. The van der Waals surface area contributed by atoms with Gasteiger partial charge in [0.2, 0.25) is 0 Å². The predicted octanol–water partition coefficient (Wildman–Crippen LogP) is 3.19. The molecule has 6 heteroatoms. The summed E-state index contributed by atoms with van der Waals surface area (Å²) in [4.78, 5) is 13.5. The minimum atomic E-state index is -1.62. The van der Waals surface area contributed by atoms with Crippen molar-refractivity contribution in [1.82, 2.24) is 4.90 Å². The summed E-state index contributed by atoms with van der Waals surface area (Å²) in [5.41, 5.74) is -0.445. The molecule has 0 bridgehead atoms. The van der Waals surface area contributed by atoms with Crippen LogP contribution in [0.4, 0.5) is 13.2 Å². The smallest absolute Gasteiger partial charge is 0.256 e. The molecular weight excluding hydrogens is 279 g/mol. The van der Waals surface area contributed by atoms with Crippen molar-refractivity contribution >= 4 is 17.5 Å². The van der Waals surface area contributed by atoms with Crippen molar-refractivity contribution in [3.63, 3.8) is 0 Å². The molecule has 1 heterocycles. The van der Waals surface area contributed by atoms with Gasteiger partial charge in [-0.15, -0.1) is 11.6 Å². The number of carbonyl (C=O) groups is 1. The first-order valence-corrected chi connectivity index (χ1v) is 6.42. The highest BCUT2D eigenvalue weighted by Crippen LogP contribution is 2.24. The molecule has 2 atom stereocenters. The van der Waals surface area contributed by atoms with Gasteiger partial charge in [-0.3, -0.25) is 4.79 Å². The molecular formula is C13H13ClF3NO. The molecule has 1 aromatic carbocycles. The van der Waals surface area contributed by atoms with Crippen LogP contribution in [0.25, 0.3) is 0 Å². The fourth-order valence-corrected chi connectivity index (χ4v) is 2.34. The van der Waals surface area contributed by atoms with Crippen molar-refractivity contribution in [2.24, 2.45) is 5.92 Å². The van der Waals surface area contributed by atoms with Crippen molar-refractivity contribution in [3.8, 4) is 0 Å². The van der Waals surface area contributed by atoms with E-state index >= 15 is 0 Å². The molecule has 1 aliphatic rings. The highest BCUT2D eigenvalue weighted by atomic mass is 35.5. The van der Waals surface area contributed by atoms with Crippen LogP contribution in [0.15, 0.2) is 12.1 Å². The maximum Gasteiger partial charge on any atom is 0.256 e. The number of alkyl halides is 1. The Hall–Kier alpha value is -1.23. The topological polar surface area (TPSA) is 20.3 Å². The van der Waals surface area contributed by atoms with Gasteiger partial charge >= 0.3 is 0 Å². The Morgan fingerprint density at radius 3 is 2.63 bits per heavy atom. The Balaban J connectivity index is 2.23. The standard InChI is InChI=1S/C13H13ClF3NO/c1-7-6-18(5-4-9(7)14)13(19)8-2-3-10(15)12(17)11(8)16/h2-3,7,9H,4-6H2,1H3. The van der Waals surface area contributed by atoms with Crippen LogP contribution in [0.2, 0.25) is 0 Å². The predicted molar refractivity (Wildman–Crippen MR) is 65.6 cm³/mol. The third-order valence-electron chi connectivity index (χ3n) is 3.35. The second-order valence-electron chi connectivity index (χ2n) is 4.76. The first-order chi connectivity index (χ1) is 8.91. The Labute approximate surface area is 114 Å². The van der Waals surface area contributed by atoms with Crippen LogP contribution in [0.1, 0.15) is 23.7 Å². The van der Waals surface area contributed by atoms with E-state index in [1.54, 1.807) is 0 Å². The maximum absolute atomic E-state index is 13.6. The van der Waals surface area contributed by atoms with E-state index in [9.17, 15) is 18.0 Å². The third-order valence-corrected chi connectivity index (χ3v) is 4.00. The van der Waals surface area contributed by atoms with Crippen LogP contribution in [-0.4, -0.2) is 29.3 Å². The number of halogens is 4. The lowest BCUT2D eigenvalue weighted by Gasteiger charge is -2.34. The minimum absolute atomic E-state index is 0.0288. The second-order valence-corrected chi connectivity index (χ2v) is 5.32. The Bertz CT molecular complexity index is 509. The number of likely N-dealkylation sites (tertiary alicyclic amines) is 1. The van der Waals surface area contributed by atoms with Crippen molar-refractivity contribution in [1.29, 1.82) is 0 Å². The summed E-state index contributed by atoms with van der Waals surface area (Å²) in [6.45, 7) is 2.65. The van der Waals surface area contributed by atoms with Gasteiger partial charge in [0.1, 0.15) is 0 Å². The Morgan fingerprint density at radius 1 is 1.32 bits per heavy atom. The van der Waals surface area contributed by atoms with E-state index in [-0.39, 0.29) is 11.3 Å². The fourth-order valence-electron chi connectivity index (χ4n) is 2.16. The molecule has 0 aromatic heterocycles. The van der Waals surface area contributed by atoms with E-state index in [2.05, 4.69) is 0 Å². The molecule has 0 saturated carbocycles. The minimum Gasteiger partial charge on any atom is -0.338 e. The quantitative estimate of drug-likeness (QED) is 0.575. The van der Waals surface area contributed by atoms with Crippen LogP contribution in [-0.2, 0) is 0 Å². The van der Waals surface area contributed by atoms with Gasteiger partial charge in [-0.1, -0.05) is 6.92 Å². The molecule has 104 valence electrons. The average Bonchev–Trinajstić information content (AvgIpc) is 2.39. The van der Waals surface area contributed by atoms with E-state index < -0.39 is 28.9 Å². The SMILES string of the molecule is CC1CN(C(=O)c2ccc(F)c(F)c2F)CCC1Cl. The number of hydrogen-bond acceptors (Lipinski definition) is 1.